The number of unbranched alkanes of at least 4 members (excludes halogenated alkanes) is 1. The van der Waals surface area contributed by atoms with Crippen molar-refractivity contribution in [1.29, 1.82) is 10.5 Å². The minimum atomic E-state index is 0.0650. The Hall–Kier alpha value is -1.78. The van der Waals surface area contributed by atoms with Crippen molar-refractivity contribution in [2.75, 3.05) is 19.8 Å². The summed E-state index contributed by atoms with van der Waals surface area (Å²) in [5, 5.41) is 21.7. The summed E-state index contributed by atoms with van der Waals surface area (Å²) in [4.78, 5) is 0. The first-order chi connectivity index (χ1) is 12.5. The summed E-state index contributed by atoms with van der Waals surface area (Å²) >= 11 is 0. The van der Waals surface area contributed by atoms with Crippen molar-refractivity contribution in [1.82, 2.24) is 5.32 Å². The number of hydrogen-bond donors (Lipinski definition) is 1. The predicted octanol–water partition coefficient (Wildman–Crippen LogP) is 5.25. The molecule has 0 aromatic rings. The molecule has 0 bridgehead atoms. The first kappa shape index (κ1) is 22.3. The van der Waals surface area contributed by atoms with E-state index in [1.165, 1.54) is 25.7 Å². The Bertz CT molecular complexity index is 559. The number of nitriles is 2. The van der Waals surface area contributed by atoms with E-state index in [0.29, 0.717) is 5.92 Å². The quantitative estimate of drug-likeness (QED) is 0.405. The van der Waals surface area contributed by atoms with Crippen LogP contribution in [0.2, 0.25) is 0 Å². The highest BCUT2D eigenvalue weighted by Gasteiger charge is 2.27. The number of rotatable bonds is 11. The zero-order valence-electron chi connectivity index (χ0n) is 17.0. The summed E-state index contributed by atoms with van der Waals surface area (Å²) in [6.45, 7) is 11.3. The smallest absolute Gasteiger partial charge is 0.132 e. The second-order valence-corrected chi connectivity index (χ2v) is 8.08. The maximum Gasteiger partial charge on any atom is 0.132 e. The second kappa shape index (κ2) is 11.8. The molecule has 0 amide bonds. The van der Waals surface area contributed by atoms with E-state index in [1.807, 2.05) is 18.2 Å². The fraction of sp³-hybridized carbons (Fsp3) is 0.727. The Morgan fingerprint density at radius 1 is 1.23 bits per heavy atom. The van der Waals surface area contributed by atoms with Crippen molar-refractivity contribution in [3.05, 3.63) is 22.9 Å². The van der Waals surface area contributed by atoms with E-state index in [-0.39, 0.29) is 11.0 Å². The van der Waals surface area contributed by atoms with Gasteiger partial charge < -0.3 is 10.1 Å². The lowest BCUT2D eigenvalue weighted by Gasteiger charge is -2.31. The molecule has 26 heavy (non-hydrogen) atoms. The zero-order chi connectivity index (χ0) is 19.4. The van der Waals surface area contributed by atoms with Crippen LogP contribution in [0.15, 0.2) is 22.9 Å². The molecule has 0 spiro atoms. The summed E-state index contributed by atoms with van der Waals surface area (Å²) in [7, 11) is 0. The molecule has 1 aliphatic rings. The molecule has 0 heterocycles. The van der Waals surface area contributed by atoms with Gasteiger partial charge in [-0.3, -0.25) is 0 Å². The van der Waals surface area contributed by atoms with E-state index in [9.17, 15) is 0 Å². The molecule has 1 atom stereocenters. The molecule has 0 aromatic heterocycles. The van der Waals surface area contributed by atoms with E-state index in [1.54, 1.807) is 0 Å². The zero-order valence-corrected chi connectivity index (χ0v) is 17.0. The largest absolute Gasteiger partial charge is 0.388 e. The molecule has 1 rings (SSSR count). The van der Waals surface area contributed by atoms with Crippen molar-refractivity contribution in [3.63, 3.8) is 0 Å². The van der Waals surface area contributed by atoms with Crippen LogP contribution >= 0.6 is 0 Å². The van der Waals surface area contributed by atoms with Crippen molar-refractivity contribution in [3.8, 4) is 12.1 Å². The monoisotopic (exact) mass is 357 g/mol. The fourth-order valence-corrected chi connectivity index (χ4v) is 3.42. The molecule has 144 valence electrons. The van der Waals surface area contributed by atoms with Crippen LogP contribution in [0, 0.1) is 34.0 Å². The van der Waals surface area contributed by atoms with Gasteiger partial charge in [-0.25, -0.2) is 0 Å². The molecule has 1 unspecified atom stereocenters. The van der Waals surface area contributed by atoms with Crippen molar-refractivity contribution >= 4 is 0 Å². The van der Waals surface area contributed by atoms with Crippen LogP contribution in [0.25, 0.3) is 0 Å². The molecular weight excluding hydrogens is 322 g/mol. The minimum absolute atomic E-state index is 0.0650. The normalized spacial score (nSPS) is 17.0. The van der Waals surface area contributed by atoms with E-state index in [0.717, 1.165) is 50.3 Å². The Labute approximate surface area is 159 Å². The Morgan fingerprint density at radius 2 is 1.96 bits per heavy atom. The average molecular weight is 358 g/mol. The number of nitrogens with zero attached hydrogens (tertiary/aromatic N) is 2. The molecule has 0 radical (unpaired) electrons. The predicted molar refractivity (Wildman–Crippen MR) is 106 cm³/mol. The minimum Gasteiger partial charge on any atom is -0.388 e. The number of ether oxygens (including phenoxy) is 1. The molecule has 0 fully saturated rings. The summed E-state index contributed by atoms with van der Waals surface area (Å²) in [6.07, 6.45) is 9.66. The number of nitrogens with one attached hydrogen (secondary N) is 1. The van der Waals surface area contributed by atoms with Gasteiger partial charge in [-0.05, 0) is 48.7 Å². The number of allylic oxidation sites excluding steroid dienone is 4. The van der Waals surface area contributed by atoms with Gasteiger partial charge in [-0.1, -0.05) is 47.0 Å². The first-order valence-electron chi connectivity index (χ1n) is 10.0. The van der Waals surface area contributed by atoms with Crippen molar-refractivity contribution in [2.45, 2.75) is 72.6 Å². The standard InChI is InChI=1S/C22H35N3O/c1-5-7-9-18(6-2)17-26-11-8-10-25-21-12-19(20(15-23)16-24)13-22(3,4)14-21/h12,18,25H,5-11,13-14,17H2,1-4H3. The third-order valence-corrected chi connectivity index (χ3v) is 4.95. The third kappa shape index (κ3) is 8.07. The average Bonchev–Trinajstić information content (AvgIpc) is 2.60. The third-order valence-electron chi connectivity index (χ3n) is 4.95. The van der Waals surface area contributed by atoms with Gasteiger partial charge in [0.05, 0.1) is 0 Å². The highest BCUT2D eigenvalue weighted by atomic mass is 16.5. The van der Waals surface area contributed by atoms with Crippen LogP contribution in [0.1, 0.15) is 72.6 Å². The summed E-state index contributed by atoms with van der Waals surface area (Å²) in [6, 6.07) is 4.04. The van der Waals surface area contributed by atoms with Gasteiger partial charge in [0.15, 0.2) is 0 Å². The number of hydrogen-bond acceptors (Lipinski definition) is 4. The Balaban J connectivity index is 2.41. The SMILES string of the molecule is CCCCC(CC)COCCCNC1=CC(=C(C#N)C#N)CC(C)(C)C1. The van der Waals surface area contributed by atoms with Crippen molar-refractivity contribution in [2.24, 2.45) is 11.3 Å². The Kier molecular flexibility index (Phi) is 10.1. The van der Waals surface area contributed by atoms with E-state index in [4.69, 9.17) is 15.3 Å². The molecule has 1 N–H and O–H groups in total. The highest BCUT2D eigenvalue weighted by molar-refractivity contribution is 5.47. The van der Waals surface area contributed by atoms with Crippen LogP contribution < -0.4 is 5.32 Å². The maximum absolute atomic E-state index is 9.13. The van der Waals surface area contributed by atoms with Crippen LogP contribution in [0.3, 0.4) is 0 Å². The van der Waals surface area contributed by atoms with Gasteiger partial charge in [0.2, 0.25) is 0 Å². The maximum atomic E-state index is 9.13. The summed E-state index contributed by atoms with van der Waals surface area (Å²) in [5.74, 6) is 0.688. The molecular formula is C22H35N3O. The summed E-state index contributed by atoms with van der Waals surface area (Å²) in [5.41, 5.74) is 2.27. The van der Waals surface area contributed by atoms with Crippen molar-refractivity contribution < 1.29 is 4.74 Å². The topological polar surface area (TPSA) is 68.8 Å². The molecule has 0 aliphatic heterocycles. The van der Waals surface area contributed by atoms with E-state index < -0.39 is 0 Å². The van der Waals surface area contributed by atoms with Gasteiger partial charge in [-0.15, -0.1) is 0 Å². The molecule has 0 saturated carbocycles. The van der Waals surface area contributed by atoms with Gasteiger partial charge in [0.25, 0.3) is 0 Å². The van der Waals surface area contributed by atoms with Crippen LogP contribution in [0.4, 0.5) is 0 Å². The van der Waals surface area contributed by atoms with Gasteiger partial charge in [0, 0.05) is 25.5 Å². The van der Waals surface area contributed by atoms with Crippen LogP contribution in [0.5, 0.6) is 0 Å². The van der Waals surface area contributed by atoms with Crippen LogP contribution in [-0.4, -0.2) is 19.8 Å². The molecule has 4 heteroatoms. The van der Waals surface area contributed by atoms with Gasteiger partial charge in [-0.2, -0.15) is 10.5 Å². The first-order valence-corrected chi connectivity index (χ1v) is 10.0. The van der Waals surface area contributed by atoms with Crippen LogP contribution in [-0.2, 0) is 4.74 Å². The fourth-order valence-electron chi connectivity index (χ4n) is 3.42. The van der Waals surface area contributed by atoms with E-state index >= 15 is 0 Å². The summed E-state index contributed by atoms with van der Waals surface area (Å²) < 4.78 is 5.85. The van der Waals surface area contributed by atoms with Gasteiger partial charge in [0.1, 0.15) is 17.7 Å². The lowest BCUT2D eigenvalue weighted by Crippen LogP contribution is -2.26. The molecule has 0 saturated heterocycles. The lowest BCUT2D eigenvalue weighted by molar-refractivity contribution is 0.0924. The molecule has 1 aliphatic carbocycles. The molecule has 4 nitrogen and oxygen atoms in total. The van der Waals surface area contributed by atoms with E-state index in [2.05, 4.69) is 33.0 Å². The molecule has 0 aromatic carbocycles. The van der Waals surface area contributed by atoms with Gasteiger partial charge >= 0.3 is 0 Å². The Morgan fingerprint density at radius 3 is 2.58 bits per heavy atom. The highest BCUT2D eigenvalue weighted by Crippen LogP contribution is 2.38. The second-order valence-electron chi connectivity index (χ2n) is 8.08. The lowest BCUT2D eigenvalue weighted by atomic mass is 9.76.